The fourth-order valence-corrected chi connectivity index (χ4v) is 1.33. The Kier molecular flexibility index (Phi) is 2.66. The molecule has 0 bridgehead atoms. The molecule has 1 aliphatic carbocycles. The van der Waals surface area contributed by atoms with Crippen LogP contribution in [0.25, 0.3) is 0 Å². The summed E-state index contributed by atoms with van der Waals surface area (Å²) in [6.45, 7) is 0. The summed E-state index contributed by atoms with van der Waals surface area (Å²) in [7, 11) is 0. The van der Waals surface area contributed by atoms with Gasteiger partial charge < -0.3 is 0 Å². The molecule has 0 fully saturated rings. The van der Waals surface area contributed by atoms with E-state index in [9.17, 15) is 4.79 Å². The zero-order valence-corrected chi connectivity index (χ0v) is 6.01. The fraction of sp³-hybridized carbons (Fsp3) is 0.286. The van der Waals surface area contributed by atoms with Crippen LogP contribution in [0, 0.1) is 0 Å². The Morgan fingerprint density at radius 2 is 2.56 bits per heavy atom. The van der Waals surface area contributed by atoms with Crippen molar-refractivity contribution in [2.75, 3.05) is 0 Å². The first-order chi connectivity index (χ1) is 4.43. The van der Waals surface area contributed by atoms with E-state index in [0.717, 1.165) is 12.8 Å². The third-order valence-corrected chi connectivity index (χ3v) is 2.03. The second-order valence-corrected chi connectivity index (χ2v) is 2.94. The molecule has 0 unspecified atom stereocenters. The maximum atomic E-state index is 9.88. The third-order valence-electron chi connectivity index (χ3n) is 1.10. The van der Waals surface area contributed by atoms with Gasteiger partial charge in [-0.25, -0.2) is 0 Å². The van der Waals surface area contributed by atoms with Crippen molar-refractivity contribution in [1.82, 2.24) is 0 Å². The molecule has 0 aromatic heterocycles. The summed E-state index contributed by atoms with van der Waals surface area (Å²) in [5.74, 6) is 0. The van der Waals surface area contributed by atoms with Crippen LogP contribution in [0.1, 0.15) is 12.8 Å². The Hall–Kier alpha value is -0.421. The number of allylic oxidation sites excluding steroid dienone is 4. The number of hydrogen-bond acceptors (Lipinski definition) is 1. The average molecular weight is 163 g/mol. The van der Waals surface area contributed by atoms with Gasteiger partial charge in [0.05, 0.1) is 0 Å². The van der Waals surface area contributed by atoms with E-state index in [1.807, 2.05) is 16.9 Å². The molecule has 2 heteroatoms. The molecule has 9 heavy (non-hydrogen) atoms. The van der Waals surface area contributed by atoms with Gasteiger partial charge in [-0.2, -0.15) is 0 Å². The molecule has 0 heterocycles. The quantitative estimate of drug-likeness (QED) is 0.533. The van der Waals surface area contributed by atoms with Gasteiger partial charge in [0.15, 0.2) is 0 Å². The van der Waals surface area contributed by atoms with Crippen molar-refractivity contribution in [1.29, 1.82) is 0 Å². The van der Waals surface area contributed by atoms with Gasteiger partial charge in [0.1, 0.15) is 0 Å². The molecule has 0 aliphatic heterocycles. The van der Waals surface area contributed by atoms with E-state index in [1.165, 1.54) is 4.47 Å². The predicted molar refractivity (Wildman–Crippen MR) is 32.2 cm³/mol. The van der Waals surface area contributed by atoms with Gasteiger partial charge in [0.2, 0.25) is 0 Å². The Morgan fingerprint density at radius 1 is 1.67 bits per heavy atom. The van der Waals surface area contributed by atoms with Crippen LogP contribution in [0.4, 0.5) is 0 Å². The molecule has 0 atom stereocenters. The first kappa shape index (κ1) is 6.70. The van der Waals surface area contributed by atoms with Crippen LogP contribution in [0.2, 0.25) is 0 Å². The van der Waals surface area contributed by atoms with Crippen LogP contribution >= 0.6 is 0 Å². The number of rotatable bonds is 1. The maximum absolute atomic E-state index is 9.88. The molecule has 1 aliphatic rings. The van der Waals surface area contributed by atoms with Crippen LogP contribution in [-0.2, 0) is 19.3 Å². The molecule has 0 saturated heterocycles. The summed E-state index contributed by atoms with van der Waals surface area (Å²) < 4.78 is 1.20. The van der Waals surface area contributed by atoms with Gasteiger partial charge in [-0.05, 0) is 0 Å². The Balaban J connectivity index is 2.68. The first-order valence-corrected chi connectivity index (χ1v) is 3.88. The van der Waals surface area contributed by atoms with E-state index >= 15 is 0 Å². The molecule has 0 radical (unpaired) electrons. The van der Waals surface area contributed by atoms with E-state index in [1.54, 1.807) is 0 Å². The molecule has 0 N–H and O–H groups in total. The van der Waals surface area contributed by atoms with Crippen LogP contribution < -0.4 is 0 Å². The summed E-state index contributed by atoms with van der Waals surface area (Å²) in [5, 5.41) is 0. The molecule has 49 valence electrons. The summed E-state index contributed by atoms with van der Waals surface area (Å²) >= 11 is 0.490. The zero-order chi connectivity index (χ0) is 6.53. The average Bonchev–Trinajstić information content (AvgIpc) is 1.91. The standard InChI is InChI=1S/C6H7.CO.Fe/c1-2-4-6-5-3-1;1-2;/h1-3H,4,6H2;;. The summed E-state index contributed by atoms with van der Waals surface area (Å²) in [6, 6.07) is 0. The van der Waals surface area contributed by atoms with Crippen molar-refractivity contribution in [2.45, 2.75) is 12.8 Å². The van der Waals surface area contributed by atoms with Gasteiger partial charge in [0, 0.05) is 0 Å². The Morgan fingerprint density at radius 3 is 3.11 bits per heavy atom. The van der Waals surface area contributed by atoms with Crippen molar-refractivity contribution in [3.63, 3.8) is 0 Å². The molecule has 0 aromatic rings. The van der Waals surface area contributed by atoms with Gasteiger partial charge in [-0.1, -0.05) is 0 Å². The van der Waals surface area contributed by atoms with Gasteiger partial charge >= 0.3 is 59.6 Å². The van der Waals surface area contributed by atoms with Crippen LogP contribution in [-0.4, -0.2) is 4.79 Å². The molecule has 0 aromatic carbocycles. The number of hydrogen-bond donors (Lipinski definition) is 0. The fourth-order valence-electron chi connectivity index (χ4n) is 0.687. The third kappa shape index (κ3) is 2.11. The Labute approximate surface area is 60.2 Å². The van der Waals surface area contributed by atoms with E-state index < -0.39 is 0 Å². The summed E-state index contributed by atoms with van der Waals surface area (Å²) in [6.07, 6.45) is 8.21. The van der Waals surface area contributed by atoms with Gasteiger partial charge in [-0.15, -0.1) is 0 Å². The van der Waals surface area contributed by atoms with Crippen molar-refractivity contribution >= 4 is 4.79 Å². The van der Waals surface area contributed by atoms with E-state index in [4.69, 9.17) is 0 Å². The van der Waals surface area contributed by atoms with Crippen molar-refractivity contribution < 1.29 is 19.3 Å². The molecule has 0 spiro atoms. The van der Waals surface area contributed by atoms with Crippen LogP contribution in [0.5, 0.6) is 0 Å². The minimum absolute atomic E-state index is 0.490. The molecular formula is C7H7FeO. The van der Waals surface area contributed by atoms with Crippen molar-refractivity contribution in [3.05, 3.63) is 22.7 Å². The second kappa shape index (κ2) is 3.58. The summed E-state index contributed by atoms with van der Waals surface area (Å²) in [5.41, 5.74) is 0. The van der Waals surface area contributed by atoms with Crippen LogP contribution in [0.3, 0.4) is 0 Å². The zero-order valence-electron chi connectivity index (χ0n) is 4.91. The van der Waals surface area contributed by atoms with E-state index in [2.05, 4.69) is 6.08 Å². The molecule has 1 rings (SSSR count). The topological polar surface area (TPSA) is 17.1 Å². The Bertz CT molecular complexity index is 197. The monoisotopic (exact) mass is 163 g/mol. The molecule has 0 saturated carbocycles. The second-order valence-electron chi connectivity index (χ2n) is 1.73. The van der Waals surface area contributed by atoms with E-state index in [0.29, 0.717) is 14.5 Å². The summed E-state index contributed by atoms with van der Waals surface area (Å²) in [4.78, 5) is 11.8. The predicted octanol–water partition coefficient (Wildman–Crippen LogP) is 1.37. The SMILES string of the molecule is O=[C]=[Fe][C]1=CC=CCC1. The van der Waals surface area contributed by atoms with Gasteiger partial charge in [0.25, 0.3) is 0 Å². The first-order valence-electron chi connectivity index (χ1n) is 2.77. The van der Waals surface area contributed by atoms with E-state index in [-0.39, 0.29) is 0 Å². The normalized spacial score (nSPS) is 16.7. The van der Waals surface area contributed by atoms with Crippen molar-refractivity contribution in [2.24, 2.45) is 0 Å². The minimum atomic E-state index is 0.490. The van der Waals surface area contributed by atoms with Gasteiger partial charge in [-0.3, -0.25) is 0 Å². The molecular weight excluding hydrogens is 156 g/mol. The van der Waals surface area contributed by atoms with Crippen molar-refractivity contribution in [3.8, 4) is 0 Å². The number of carbonyl (C=O) groups excluding carboxylic acids is 1. The van der Waals surface area contributed by atoms with Crippen LogP contribution in [0.15, 0.2) is 22.7 Å². The molecule has 1 nitrogen and oxygen atoms in total. The molecule has 0 amide bonds.